The second-order valence-electron chi connectivity index (χ2n) is 9.89. The third kappa shape index (κ3) is 4.67. The van der Waals surface area contributed by atoms with Crippen molar-refractivity contribution in [1.82, 2.24) is 10.1 Å². The van der Waals surface area contributed by atoms with E-state index in [0.717, 1.165) is 33.4 Å². The Balaban J connectivity index is 1.32. The average molecular weight is 495 g/mol. The molecule has 1 aliphatic carbocycles. The maximum absolute atomic E-state index is 13.2. The van der Waals surface area contributed by atoms with Crippen LogP contribution in [0.15, 0.2) is 83.4 Å². The lowest BCUT2D eigenvalue weighted by Gasteiger charge is -2.25. The summed E-state index contributed by atoms with van der Waals surface area (Å²) in [6.45, 7) is 3.88. The first-order valence-electron chi connectivity index (χ1n) is 12.5. The zero-order chi connectivity index (χ0) is 26.2. The van der Waals surface area contributed by atoms with Crippen molar-refractivity contribution < 1.29 is 19.2 Å². The Labute approximate surface area is 216 Å². The summed E-state index contributed by atoms with van der Waals surface area (Å²) in [5.74, 6) is -0.150. The maximum atomic E-state index is 13.2. The van der Waals surface area contributed by atoms with E-state index in [1.165, 1.54) is 0 Å². The Morgan fingerprint density at radius 3 is 2.08 bits per heavy atom. The van der Waals surface area contributed by atoms with Crippen LogP contribution in [0.2, 0.25) is 0 Å². The van der Waals surface area contributed by atoms with Crippen LogP contribution in [0, 0.1) is 6.92 Å². The number of benzene rings is 3. The van der Waals surface area contributed by atoms with Gasteiger partial charge in [-0.2, -0.15) is 0 Å². The van der Waals surface area contributed by atoms with Crippen LogP contribution in [0.25, 0.3) is 22.5 Å². The van der Waals surface area contributed by atoms with Crippen LogP contribution >= 0.6 is 0 Å². The fourth-order valence-corrected chi connectivity index (χ4v) is 4.82. The lowest BCUT2D eigenvalue weighted by Crippen LogP contribution is -2.31. The van der Waals surface area contributed by atoms with E-state index in [9.17, 15) is 14.7 Å². The first kappa shape index (κ1) is 24.5. The molecule has 1 N–H and O–H groups in total. The van der Waals surface area contributed by atoms with Crippen molar-refractivity contribution in [2.45, 2.75) is 44.6 Å². The van der Waals surface area contributed by atoms with Crippen molar-refractivity contribution in [2.24, 2.45) is 0 Å². The van der Waals surface area contributed by atoms with Crippen LogP contribution in [0.1, 0.15) is 48.2 Å². The molecule has 0 bridgehead atoms. The lowest BCUT2D eigenvalue weighted by atomic mass is 9.93. The highest BCUT2D eigenvalue weighted by Crippen LogP contribution is 2.48. The molecule has 5 rings (SSSR count). The number of hydrogen-bond acceptors (Lipinski definition) is 4. The molecule has 6 heteroatoms. The quantitative estimate of drug-likeness (QED) is 0.316. The molecule has 0 aliphatic heterocycles. The van der Waals surface area contributed by atoms with Gasteiger partial charge in [-0.05, 0) is 48.9 Å². The number of amides is 1. The average Bonchev–Trinajstić information content (AvgIpc) is 3.68. The Hall–Kier alpha value is -4.19. The second-order valence-corrected chi connectivity index (χ2v) is 9.89. The first-order valence-corrected chi connectivity index (χ1v) is 12.5. The summed E-state index contributed by atoms with van der Waals surface area (Å²) in [5.41, 5.74) is 5.61. The largest absolute Gasteiger partial charge is 0.481 e. The highest BCUT2D eigenvalue weighted by molar-refractivity contribution is 5.85. The Kier molecular flexibility index (Phi) is 6.42. The van der Waals surface area contributed by atoms with Gasteiger partial charge >= 0.3 is 5.97 Å². The summed E-state index contributed by atoms with van der Waals surface area (Å²) in [6, 6.07) is 25.6. The van der Waals surface area contributed by atoms with Crippen molar-refractivity contribution in [3.05, 3.63) is 101 Å². The van der Waals surface area contributed by atoms with E-state index in [-0.39, 0.29) is 18.4 Å². The molecule has 1 amide bonds. The predicted octanol–water partition coefficient (Wildman–Crippen LogP) is 6.20. The molecule has 6 nitrogen and oxygen atoms in total. The summed E-state index contributed by atoms with van der Waals surface area (Å²) >= 11 is 0. The molecule has 1 heterocycles. The SMILES string of the molecule is Cc1noc(-c2ccc(-c3ccc(C4(C(=O)O)CC4)cc3)cc2)c1CC(=O)N(C)[C@H](C)c1ccccc1. The van der Waals surface area contributed by atoms with Gasteiger partial charge in [0.15, 0.2) is 5.76 Å². The Morgan fingerprint density at radius 2 is 1.51 bits per heavy atom. The van der Waals surface area contributed by atoms with Crippen molar-refractivity contribution in [3.63, 3.8) is 0 Å². The fraction of sp³-hybridized carbons (Fsp3) is 0.258. The number of rotatable bonds is 8. The fourth-order valence-electron chi connectivity index (χ4n) is 4.82. The van der Waals surface area contributed by atoms with Crippen LogP contribution in [-0.4, -0.2) is 34.1 Å². The molecule has 0 saturated heterocycles. The molecule has 0 unspecified atom stereocenters. The zero-order valence-corrected chi connectivity index (χ0v) is 21.3. The minimum absolute atomic E-state index is 0.00425. The number of aryl methyl sites for hydroxylation is 1. The lowest BCUT2D eigenvalue weighted by molar-refractivity contribution is -0.140. The van der Waals surface area contributed by atoms with Crippen molar-refractivity contribution in [3.8, 4) is 22.5 Å². The molecule has 188 valence electrons. The summed E-state index contributed by atoms with van der Waals surface area (Å²) in [5, 5.41) is 13.7. The molecule has 3 aromatic carbocycles. The van der Waals surface area contributed by atoms with E-state index in [1.54, 1.807) is 4.90 Å². The molecule has 37 heavy (non-hydrogen) atoms. The molecule has 1 atom stereocenters. The van der Waals surface area contributed by atoms with Crippen molar-refractivity contribution in [2.75, 3.05) is 7.05 Å². The number of likely N-dealkylation sites (N-methyl/N-ethyl adjacent to an activating group) is 1. The minimum Gasteiger partial charge on any atom is -0.481 e. The van der Waals surface area contributed by atoms with Crippen LogP contribution < -0.4 is 0 Å². The number of aliphatic carboxylic acids is 1. The van der Waals surface area contributed by atoms with E-state index in [4.69, 9.17) is 4.52 Å². The van der Waals surface area contributed by atoms with Gasteiger partial charge in [0.2, 0.25) is 5.91 Å². The number of carboxylic acids is 1. The number of carbonyl (C=O) groups excluding carboxylic acids is 1. The molecule has 0 radical (unpaired) electrons. The number of carboxylic acid groups (broad SMARTS) is 1. The van der Waals surface area contributed by atoms with Crippen LogP contribution in [0.5, 0.6) is 0 Å². The van der Waals surface area contributed by atoms with Crippen LogP contribution in [0.3, 0.4) is 0 Å². The minimum atomic E-state index is -0.748. The standard InChI is InChI=1S/C31H30N2O4/c1-20-27(19-28(34)33(3)21(2)22-7-5-4-6-8-22)29(37-32-20)25-11-9-23(10-12-25)24-13-15-26(16-14-24)31(17-18-31)30(35)36/h4-16,21H,17-19H2,1-3H3,(H,35,36)/t21-/m1/s1. The van der Waals surface area contributed by atoms with Gasteiger partial charge in [0.05, 0.1) is 23.6 Å². The second kappa shape index (κ2) is 9.69. The van der Waals surface area contributed by atoms with Gasteiger partial charge in [0.25, 0.3) is 0 Å². The van der Waals surface area contributed by atoms with Crippen LogP contribution in [-0.2, 0) is 21.4 Å². The van der Waals surface area contributed by atoms with Crippen molar-refractivity contribution in [1.29, 1.82) is 0 Å². The van der Waals surface area contributed by atoms with E-state index >= 15 is 0 Å². The van der Waals surface area contributed by atoms with Gasteiger partial charge in [0, 0.05) is 18.2 Å². The van der Waals surface area contributed by atoms with E-state index in [2.05, 4.69) is 5.16 Å². The van der Waals surface area contributed by atoms with Crippen LogP contribution in [0.4, 0.5) is 0 Å². The zero-order valence-electron chi connectivity index (χ0n) is 21.3. The molecule has 0 spiro atoms. The monoisotopic (exact) mass is 494 g/mol. The first-order chi connectivity index (χ1) is 17.8. The number of aromatic nitrogens is 1. The molecule has 1 aliphatic rings. The number of hydrogen-bond donors (Lipinski definition) is 1. The summed E-state index contributed by atoms with van der Waals surface area (Å²) in [6.07, 6.45) is 1.59. The molecule has 1 aromatic heterocycles. The van der Waals surface area contributed by atoms with Gasteiger partial charge in [-0.3, -0.25) is 9.59 Å². The normalized spacial score (nSPS) is 14.7. The highest BCUT2D eigenvalue weighted by Gasteiger charge is 2.51. The summed E-state index contributed by atoms with van der Waals surface area (Å²) < 4.78 is 5.66. The molecular weight excluding hydrogens is 464 g/mol. The third-order valence-corrected chi connectivity index (χ3v) is 7.65. The Morgan fingerprint density at radius 1 is 0.946 bits per heavy atom. The third-order valence-electron chi connectivity index (χ3n) is 7.65. The molecule has 1 fully saturated rings. The smallest absolute Gasteiger partial charge is 0.314 e. The van der Waals surface area contributed by atoms with Gasteiger partial charge in [-0.15, -0.1) is 0 Å². The van der Waals surface area contributed by atoms with E-state index < -0.39 is 11.4 Å². The topological polar surface area (TPSA) is 83.6 Å². The van der Waals surface area contributed by atoms with Crippen molar-refractivity contribution >= 4 is 11.9 Å². The summed E-state index contributed by atoms with van der Waals surface area (Å²) in [7, 11) is 1.82. The predicted molar refractivity (Wildman–Crippen MR) is 142 cm³/mol. The van der Waals surface area contributed by atoms with Gasteiger partial charge in [-0.25, -0.2) is 0 Å². The van der Waals surface area contributed by atoms with Gasteiger partial charge in [-0.1, -0.05) is 84.0 Å². The van der Waals surface area contributed by atoms with Gasteiger partial charge in [0.1, 0.15) is 0 Å². The highest BCUT2D eigenvalue weighted by atomic mass is 16.5. The summed E-state index contributed by atoms with van der Waals surface area (Å²) in [4.78, 5) is 26.5. The van der Waals surface area contributed by atoms with Gasteiger partial charge < -0.3 is 14.5 Å². The number of carbonyl (C=O) groups is 2. The van der Waals surface area contributed by atoms with E-state index in [1.807, 2.05) is 99.8 Å². The van der Waals surface area contributed by atoms with E-state index in [0.29, 0.717) is 24.3 Å². The molecular formula is C31H30N2O4. The Bertz CT molecular complexity index is 1420. The maximum Gasteiger partial charge on any atom is 0.314 e. The number of nitrogens with zero attached hydrogens (tertiary/aromatic N) is 2. The molecule has 4 aromatic rings. The molecule has 1 saturated carbocycles.